The van der Waals surface area contributed by atoms with Gasteiger partial charge in [0.25, 0.3) is 0 Å². The van der Waals surface area contributed by atoms with Crippen molar-refractivity contribution < 1.29 is 23.5 Å². The van der Waals surface area contributed by atoms with E-state index in [-0.39, 0.29) is 29.6 Å². The Labute approximate surface area is 143 Å². The molecule has 0 aliphatic carbocycles. The first-order valence-corrected chi connectivity index (χ1v) is 7.62. The summed E-state index contributed by atoms with van der Waals surface area (Å²) >= 11 is 5.86. The van der Waals surface area contributed by atoms with Crippen molar-refractivity contribution in [2.24, 2.45) is 0 Å². The third-order valence-electron chi connectivity index (χ3n) is 3.58. The normalized spacial score (nSPS) is 18.0. The van der Waals surface area contributed by atoms with Gasteiger partial charge in [-0.1, -0.05) is 11.6 Å². The van der Waals surface area contributed by atoms with Crippen LogP contribution in [0.25, 0.3) is 0 Å². The Bertz CT molecular complexity index is 656. The highest BCUT2D eigenvalue weighted by molar-refractivity contribution is 6.33. The van der Waals surface area contributed by atoms with E-state index in [2.05, 4.69) is 15.4 Å². The lowest BCUT2D eigenvalue weighted by Crippen LogP contribution is -2.57. The molecule has 1 aromatic rings. The summed E-state index contributed by atoms with van der Waals surface area (Å²) in [6, 6.07) is 2.84. The van der Waals surface area contributed by atoms with Gasteiger partial charge in [-0.05, 0) is 18.2 Å². The van der Waals surface area contributed by atoms with Gasteiger partial charge in [-0.2, -0.15) is 0 Å². The van der Waals surface area contributed by atoms with E-state index in [1.54, 1.807) is 4.90 Å². The second-order valence-corrected chi connectivity index (χ2v) is 5.64. The van der Waals surface area contributed by atoms with Crippen LogP contribution in [0.4, 0.5) is 10.1 Å². The van der Waals surface area contributed by atoms with Crippen molar-refractivity contribution >= 4 is 35.1 Å². The standard InChI is InChI=1S/C15H17ClFN3O4/c1-24-14(22)7-12-15(23)18-4-5-20(12)8-13(21)19-11-3-2-9(17)6-10(11)16/h2-3,6,12H,4-5,7-8H2,1H3,(H,18,23)(H,19,21)/t12-/m1/s1. The minimum Gasteiger partial charge on any atom is -0.469 e. The minimum absolute atomic E-state index is 0.0749. The number of hydrogen-bond donors (Lipinski definition) is 2. The van der Waals surface area contributed by atoms with Crippen LogP contribution in [0.2, 0.25) is 5.02 Å². The molecule has 1 saturated heterocycles. The van der Waals surface area contributed by atoms with E-state index in [0.29, 0.717) is 13.1 Å². The van der Waals surface area contributed by atoms with Crippen LogP contribution in [0.1, 0.15) is 6.42 Å². The second kappa shape index (κ2) is 8.07. The zero-order valence-electron chi connectivity index (χ0n) is 13.0. The topological polar surface area (TPSA) is 87.7 Å². The fraction of sp³-hybridized carbons (Fsp3) is 0.400. The highest BCUT2D eigenvalue weighted by Gasteiger charge is 2.33. The maximum atomic E-state index is 13.0. The van der Waals surface area contributed by atoms with Crippen molar-refractivity contribution in [1.82, 2.24) is 10.2 Å². The number of methoxy groups -OCH3 is 1. The molecule has 0 bridgehead atoms. The summed E-state index contributed by atoms with van der Waals surface area (Å²) < 4.78 is 17.6. The Morgan fingerprint density at radius 1 is 1.50 bits per heavy atom. The molecule has 1 aliphatic heterocycles. The third kappa shape index (κ3) is 4.65. The van der Waals surface area contributed by atoms with Crippen molar-refractivity contribution in [3.63, 3.8) is 0 Å². The van der Waals surface area contributed by atoms with Crippen LogP contribution in [-0.2, 0) is 19.1 Å². The predicted octanol–water partition coefficient (Wildman–Crippen LogP) is 0.781. The first-order chi connectivity index (χ1) is 11.4. The molecule has 0 aromatic heterocycles. The van der Waals surface area contributed by atoms with Gasteiger partial charge in [0.2, 0.25) is 11.8 Å². The zero-order valence-corrected chi connectivity index (χ0v) is 13.7. The maximum Gasteiger partial charge on any atom is 0.307 e. The highest BCUT2D eigenvalue weighted by Crippen LogP contribution is 2.22. The molecule has 130 valence electrons. The molecule has 0 spiro atoms. The number of piperazine rings is 1. The number of carbonyl (C=O) groups excluding carboxylic acids is 3. The second-order valence-electron chi connectivity index (χ2n) is 5.23. The van der Waals surface area contributed by atoms with E-state index in [4.69, 9.17) is 11.6 Å². The van der Waals surface area contributed by atoms with Crippen molar-refractivity contribution in [2.75, 3.05) is 32.1 Å². The largest absolute Gasteiger partial charge is 0.469 e. The van der Waals surface area contributed by atoms with Gasteiger partial charge in [0.15, 0.2) is 0 Å². The molecule has 24 heavy (non-hydrogen) atoms. The van der Waals surface area contributed by atoms with Crippen LogP contribution < -0.4 is 10.6 Å². The molecule has 2 N–H and O–H groups in total. The van der Waals surface area contributed by atoms with Crippen LogP contribution in [0.3, 0.4) is 0 Å². The van der Waals surface area contributed by atoms with Crippen molar-refractivity contribution in [2.45, 2.75) is 12.5 Å². The Morgan fingerprint density at radius 3 is 2.92 bits per heavy atom. The van der Waals surface area contributed by atoms with Crippen LogP contribution in [0.5, 0.6) is 0 Å². The summed E-state index contributed by atoms with van der Waals surface area (Å²) in [5, 5.41) is 5.28. The molecule has 1 heterocycles. The molecule has 1 fully saturated rings. The van der Waals surface area contributed by atoms with Crippen LogP contribution in [-0.4, -0.2) is 55.5 Å². The van der Waals surface area contributed by atoms with E-state index >= 15 is 0 Å². The molecule has 7 nitrogen and oxygen atoms in total. The Balaban J connectivity index is 2.02. The summed E-state index contributed by atoms with van der Waals surface area (Å²) in [5.74, 6) is -1.81. The maximum absolute atomic E-state index is 13.0. The lowest BCUT2D eigenvalue weighted by molar-refractivity contribution is -0.146. The average Bonchev–Trinajstić information content (AvgIpc) is 2.53. The predicted molar refractivity (Wildman–Crippen MR) is 85.0 cm³/mol. The molecule has 1 aliphatic rings. The molecule has 1 aromatic carbocycles. The quantitative estimate of drug-likeness (QED) is 0.760. The highest BCUT2D eigenvalue weighted by atomic mass is 35.5. The monoisotopic (exact) mass is 357 g/mol. The Kier molecular flexibility index (Phi) is 6.10. The van der Waals surface area contributed by atoms with Crippen LogP contribution in [0, 0.1) is 5.82 Å². The number of esters is 1. The van der Waals surface area contributed by atoms with E-state index in [0.717, 1.165) is 6.07 Å². The molecular formula is C15H17ClFN3O4. The number of carbonyl (C=O) groups is 3. The number of anilines is 1. The third-order valence-corrected chi connectivity index (χ3v) is 3.89. The van der Waals surface area contributed by atoms with Crippen molar-refractivity contribution in [1.29, 1.82) is 0 Å². The zero-order chi connectivity index (χ0) is 17.7. The summed E-state index contributed by atoms with van der Waals surface area (Å²) in [4.78, 5) is 37.1. The van der Waals surface area contributed by atoms with E-state index in [1.807, 2.05) is 0 Å². The number of ether oxygens (including phenoxy) is 1. The van der Waals surface area contributed by atoms with Gasteiger partial charge in [0.05, 0.1) is 30.8 Å². The molecular weight excluding hydrogens is 341 g/mol. The smallest absolute Gasteiger partial charge is 0.307 e. The first-order valence-electron chi connectivity index (χ1n) is 7.24. The van der Waals surface area contributed by atoms with E-state index in [9.17, 15) is 18.8 Å². The number of halogens is 2. The first kappa shape index (κ1) is 18.2. The number of amides is 2. The van der Waals surface area contributed by atoms with Crippen LogP contribution in [0.15, 0.2) is 18.2 Å². The van der Waals surface area contributed by atoms with Gasteiger partial charge in [0.1, 0.15) is 11.9 Å². The Hall–Kier alpha value is -2.19. The summed E-state index contributed by atoms with van der Waals surface area (Å²) in [6.07, 6.45) is -0.146. The lowest BCUT2D eigenvalue weighted by atomic mass is 10.1. The van der Waals surface area contributed by atoms with Crippen molar-refractivity contribution in [3.8, 4) is 0 Å². The number of benzene rings is 1. The molecule has 2 rings (SSSR count). The SMILES string of the molecule is COC(=O)C[C@@H]1C(=O)NCCN1CC(=O)Nc1ccc(F)cc1Cl. The Morgan fingerprint density at radius 2 is 2.25 bits per heavy atom. The van der Waals surface area contributed by atoms with E-state index < -0.39 is 23.7 Å². The number of hydrogen-bond acceptors (Lipinski definition) is 5. The molecule has 0 unspecified atom stereocenters. The lowest BCUT2D eigenvalue weighted by Gasteiger charge is -2.33. The number of nitrogens with zero attached hydrogens (tertiary/aromatic N) is 1. The van der Waals surface area contributed by atoms with Gasteiger partial charge in [-0.25, -0.2) is 4.39 Å². The molecule has 1 atom stereocenters. The fourth-order valence-corrected chi connectivity index (χ4v) is 2.59. The molecule has 0 saturated carbocycles. The fourth-order valence-electron chi connectivity index (χ4n) is 2.38. The minimum atomic E-state index is -0.777. The van der Waals surface area contributed by atoms with Gasteiger partial charge in [-0.3, -0.25) is 19.3 Å². The van der Waals surface area contributed by atoms with Gasteiger partial charge < -0.3 is 15.4 Å². The molecule has 9 heteroatoms. The molecule has 0 radical (unpaired) electrons. The summed E-state index contributed by atoms with van der Waals surface area (Å²) in [6.45, 7) is 0.682. The van der Waals surface area contributed by atoms with E-state index in [1.165, 1.54) is 19.2 Å². The van der Waals surface area contributed by atoms with Gasteiger partial charge in [0, 0.05) is 13.1 Å². The van der Waals surface area contributed by atoms with Crippen LogP contribution >= 0.6 is 11.6 Å². The summed E-state index contributed by atoms with van der Waals surface area (Å²) in [7, 11) is 1.23. The van der Waals surface area contributed by atoms with Gasteiger partial charge >= 0.3 is 5.97 Å². The van der Waals surface area contributed by atoms with Gasteiger partial charge in [-0.15, -0.1) is 0 Å². The summed E-state index contributed by atoms with van der Waals surface area (Å²) in [5.41, 5.74) is 0.272. The molecule has 2 amide bonds. The number of nitrogens with one attached hydrogen (secondary N) is 2. The van der Waals surface area contributed by atoms with Crippen molar-refractivity contribution in [3.05, 3.63) is 29.0 Å². The number of rotatable bonds is 5. The average molecular weight is 358 g/mol.